The number of rotatable bonds is 1. The van der Waals surface area contributed by atoms with Crippen molar-refractivity contribution in [1.82, 2.24) is 0 Å². The van der Waals surface area contributed by atoms with Crippen LogP contribution in [0.15, 0.2) is 133 Å². The van der Waals surface area contributed by atoms with E-state index in [2.05, 4.69) is 181 Å². The van der Waals surface area contributed by atoms with Crippen molar-refractivity contribution in [3.05, 3.63) is 156 Å². The first kappa shape index (κ1) is 33.1. The highest BCUT2D eigenvalue weighted by molar-refractivity contribution is 6.18. The van der Waals surface area contributed by atoms with Crippen molar-refractivity contribution in [2.75, 3.05) is 0 Å². The molecule has 0 heterocycles. The first-order valence-electron chi connectivity index (χ1n) is 19.0. The van der Waals surface area contributed by atoms with Gasteiger partial charge in [-0.15, -0.1) is 23.7 Å². The summed E-state index contributed by atoms with van der Waals surface area (Å²) in [5.41, 5.74) is 6.54. The Kier molecular flexibility index (Phi) is 7.76. The molecule has 0 nitrogen and oxygen atoms in total. The highest BCUT2D eigenvalue weighted by Gasteiger charge is 2.17. The van der Waals surface area contributed by atoms with Crippen molar-refractivity contribution >= 4 is 86.2 Å². The second kappa shape index (κ2) is 13.1. The lowest BCUT2D eigenvalue weighted by Gasteiger charge is -2.15. The summed E-state index contributed by atoms with van der Waals surface area (Å²) >= 11 is 0. The van der Waals surface area contributed by atoms with Crippen molar-refractivity contribution in [2.45, 2.75) is 27.7 Å². The minimum atomic E-state index is 1.05. The second-order valence-electron chi connectivity index (χ2n) is 14.4. The van der Waals surface area contributed by atoms with Crippen molar-refractivity contribution in [2.24, 2.45) is 0 Å². The fraction of sp³-hybridized carbons (Fsp3) is 0.0714. The summed E-state index contributed by atoms with van der Waals surface area (Å²) in [5, 5.41) is 18.6. The highest BCUT2D eigenvalue weighted by Crippen LogP contribution is 2.40. The molecule has 0 radical (unpaired) electrons. The molecule has 0 fully saturated rings. The molecule has 0 aliphatic carbocycles. The molecular formula is C56H34. The Morgan fingerprint density at radius 3 is 0.732 bits per heavy atom. The standard InChI is InChI=1S/C56H34/c1-5-13-45-49-27-35-17-9-11-19-37(35)29-51(49)47(15-7-3)55-33-43-25-39(21-23-41(43)31-53(45)55)40-22-24-42-32-54-46(14-6-2)50-28-36-18-10-12-20-38(36)30-52(50)48(16-8-4)56(54)34-44(42)26-40/h9-12,17-34H,1-4H3. The molecule has 258 valence electrons. The Balaban J connectivity index is 1.19. The lowest BCUT2D eigenvalue weighted by molar-refractivity contribution is 1.68. The second-order valence-corrected chi connectivity index (χ2v) is 14.4. The molecule has 0 aromatic heterocycles. The van der Waals surface area contributed by atoms with E-state index in [9.17, 15) is 0 Å². The summed E-state index contributed by atoms with van der Waals surface area (Å²) in [6.07, 6.45) is 0. The van der Waals surface area contributed by atoms with Crippen LogP contribution in [0.4, 0.5) is 0 Å². The van der Waals surface area contributed by atoms with Gasteiger partial charge in [0.25, 0.3) is 0 Å². The quantitative estimate of drug-likeness (QED) is 0.118. The average Bonchev–Trinajstić information content (AvgIpc) is 3.23. The molecule has 56 heavy (non-hydrogen) atoms. The summed E-state index contributed by atoms with van der Waals surface area (Å²) in [6, 6.07) is 49.0. The van der Waals surface area contributed by atoms with Gasteiger partial charge in [0.15, 0.2) is 0 Å². The fourth-order valence-corrected chi connectivity index (χ4v) is 8.71. The van der Waals surface area contributed by atoms with Gasteiger partial charge in [0, 0.05) is 22.3 Å². The Morgan fingerprint density at radius 2 is 0.482 bits per heavy atom. The summed E-state index contributed by atoms with van der Waals surface area (Å²) in [7, 11) is 0. The number of fused-ring (bicyclic) bond motifs is 8. The number of benzene rings is 10. The highest BCUT2D eigenvalue weighted by atomic mass is 14.2. The zero-order valence-electron chi connectivity index (χ0n) is 31.7. The zero-order valence-corrected chi connectivity index (χ0v) is 31.7. The first-order valence-corrected chi connectivity index (χ1v) is 19.0. The van der Waals surface area contributed by atoms with Crippen molar-refractivity contribution in [3.8, 4) is 58.5 Å². The van der Waals surface area contributed by atoms with Gasteiger partial charge in [0.1, 0.15) is 0 Å². The molecule has 0 atom stereocenters. The molecule has 0 amide bonds. The topological polar surface area (TPSA) is 0 Å². The summed E-state index contributed by atoms with van der Waals surface area (Å²) in [6.45, 7) is 7.66. The fourth-order valence-electron chi connectivity index (χ4n) is 8.71. The van der Waals surface area contributed by atoms with Crippen LogP contribution < -0.4 is 0 Å². The number of hydrogen-bond donors (Lipinski definition) is 0. The third-order valence-corrected chi connectivity index (χ3v) is 11.2. The predicted molar refractivity (Wildman–Crippen MR) is 242 cm³/mol. The van der Waals surface area contributed by atoms with Gasteiger partial charge in [-0.1, -0.05) is 96.5 Å². The van der Waals surface area contributed by atoms with Gasteiger partial charge in [-0.2, -0.15) is 0 Å². The normalized spacial score (nSPS) is 11.0. The van der Waals surface area contributed by atoms with Gasteiger partial charge in [-0.05, 0) is 186 Å². The van der Waals surface area contributed by atoms with Crippen LogP contribution in [0.25, 0.3) is 97.3 Å². The Hall–Kier alpha value is -7.48. The third-order valence-electron chi connectivity index (χ3n) is 11.2. The Morgan fingerprint density at radius 1 is 0.250 bits per heavy atom. The van der Waals surface area contributed by atoms with Crippen LogP contribution in [0, 0.1) is 47.4 Å². The molecular weight excluding hydrogens is 673 g/mol. The maximum absolute atomic E-state index is 3.50. The van der Waals surface area contributed by atoms with Gasteiger partial charge in [-0.3, -0.25) is 0 Å². The molecule has 0 bridgehead atoms. The van der Waals surface area contributed by atoms with Gasteiger partial charge >= 0.3 is 0 Å². The summed E-state index contributed by atoms with van der Waals surface area (Å²) in [5.74, 6) is 26.8. The van der Waals surface area contributed by atoms with Crippen molar-refractivity contribution < 1.29 is 0 Å². The van der Waals surface area contributed by atoms with Crippen LogP contribution in [-0.2, 0) is 0 Å². The van der Waals surface area contributed by atoms with E-state index in [4.69, 9.17) is 0 Å². The van der Waals surface area contributed by atoms with Crippen molar-refractivity contribution in [1.29, 1.82) is 0 Å². The van der Waals surface area contributed by atoms with Crippen LogP contribution in [-0.4, -0.2) is 0 Å². The van der Waals surface area contributed by atoms with E-state index in [-0.39, 0.29) is 0 Å². The maximum Gasteiger partial charge on any atom is 0.0403 e. The average molecular weight is 707 g/mol. The molecule has 0 unspecified atom stereocenters. The minimum Gasteiger partial charge on any atom is -0.101 e. The minimum absolute atomic E-state index is 1.05. The smallest absolute Gasteiger partial charge is 0.0403 e. The van der Waals surface area contributed by atoms with Gasteiger partial charge in [0.2, 0.25) is 0 Å². The van der Waals surface area contributed by atoms with E-state index in [0.29, 0.717) is 0 Å². The molecule has 10 rings (SSSR count). The van der Waals surface area contributed by atoms with E-state index < -0.39 is 0 Å². The van der Waals surface area contributed by atoms with E-state index in [0.717, 1.165) is 65.3 Å². The zero-order chi connectivity index (χ0) is 37.9. The first-order chi connectivity index (χ1) is 27.6. The molecule has 0 aliphatic heterocycles. The van der Waals surface area contributed by atoms with Crippen molar-refractivity contribution in [3.63, 3.8) is 0 Å². The van der Waals surface area contributed by atoms with E-state index in [1.807, 2.05) is 27.7 Å². The molecule has 10 aromatic rings. The monoisotopic (exact) mass is 706 g/mol. The molecule has 0 spiro atoms. The molecule has 0 N–H and O–H groups in total. The maximum atomic E-state index is 3.50. The Bertz CT molecular complexity index is 3400. The van der Waals surface area contributed by atoms with Crippen LogP contribution >= 0.6 is 0 Å². The lowest BCUT2D eigenvalue weighted by atomic mass is 9.87. The SMILES string of the molecule is CC#Cc1c2cc3ccccc3cc2c(C#CC)c2cc3cc(-c4ccc5cc6c(C#CC)c7cc8ccccc8cc7c(C#CC)c6cc5c4)ccc3cc12. The molecule has 10 aromatic carbocycles. The van der Waals surface area contributed by atoms with E-state index in [1.54, 1.807) is 0 Å². The summed E-state index contributed by atoms with van der Waals surface area (Å²) in [4.78, 5) is 0. The lowest BCUT2D eigenvalue weighted by Crippen LogP contribution is -1.92. The van der Waals surface area contributed by atoms with E-state index >= 15 is 0 Å². The number of hydrogen-bond acceptors (Lipinski definition) is 0. The molecule has 0 aliphatic rings. The van der Waals surface area contributed by atoms with Gasteiger partial charge < -0.3 is 0 Å². The van der Waals surface area contributed by atoms with Crippen LogP contribution in [0.3, 0.4) is 0 Å². The molecule has 0 saturated heterocycles. The van der Waals surface area contributed by atoms with Gasteiger partial charge in [0.05, 0.1) is 0 Å². The van der Waals surface area contributed by atoms with Crippen LogP contribution in [0.5, 0.6) is 0 Å². The van der Waals surface area contributed by atoms with Crippen LogP contribution in [0.2, 0.25) is 0 Å². The summed E-state index contributed by atoms with van der Waals surface area (Å²) < 4.78 is 0. The molecule has 0 heteroatoms. The molecule has 0 saturated carbocycles. The van der Waals surface area contributed by atoms with Crippen LogP contribution in [0.1, 0.15) is 49.9 Å². The third kappa shape index (κ3) is 5.17. The Labute approximate surface area is 326 Å². The predicted octanol–water partition coefficient (Wildman–Crippen LogP) is 14.1. The largest absolute Gasteiger partial charge is 0.101 e. The van der Waals surface area contributed by atoms with Gasteiger partial charge in [-0.25, -0.2) is 0 Å². The van der Waals surface area contributed by atoms with E-state index in [1.165, 1.54) is 54.2 Å².